The van der Waals surface area contributed by atoms with Crippen LogP contribution >= 0.6 is 11.6 Å². The number of nitrogens with one attached hydrogen (secondary N) is 1. The van der Waals surface area contributed by atoms with Crippen molar-refractivity contribution < 1.29 is 8.42 Å². The highest BCUT2D eigenvalue weighted by Gasteiger charge is 2.08. The molecule has 4 aromatic rings. The lowest BCUT2D eigenvalue weighted by Crippen LogP contribution is -1.98. The second kappa shape index (κ2) is 8.34. The van der Waals surface area contributed by atoms with Gasteiger partial charge in [-0.3, -0.25) is 0 Å². The van der Waals surface area contributed by atoms with Crippen molar-refractivity contribution in [3.8, 4) is 11.8 Å². The Labute approximate surface area is 185 Å². The standard InChI is InChI=1S/C23H17ClN4O2S/c1-15-16(9-12-26-23(15)24)3-8-21-20-13-22(27-14-17(20)10-11-25-21)28-18-4-6-19(7-5-18)31(2,29)30/h4-7,9-14H,1-2H3,(H,27,28). The third kappa shape index (κ3) is 4.66. The minimum absolute atomic E-state index is 0.262. The van der Waals surface area contributed by atoms with Crippen molar-refractivity contribution >= 4 is 43.7 Å². The number of anilines is 2. The van der Waals surface area contributed by atoms with Crippen molar-refractivity contribution in [1.29, 1.82) is 0 Å². The number of nitrogens with zero attached hydrogens (tertiary/aromatic N) is 3. The maximum absolute atomic E-state index is 11.6. The van der Waals surface area contributed by atoms with Gasteiger partial charge in [0, 0.05) is 52.4 Å². The van der Waals surface area contributed by atoms with Crippen LogP contribution in [0.4, 0.5) is 11.5 Å². The number of halogens is 1. The SMILES string of the molecule is Cc1c(C#Cc2nccc3cnc(Nc4ccc(S(C)(=O)=O)cc4)cc23)ccnc1Cl. The molecule has 0 radical (unpaired) electrons. The molecule has 0 saturated heterocycles. The normalized spacial score (nSPS) is 11.1. The van der Waals surface area contributed by atoms with Gasteiger partial charge in [-0.2, -0.15) is 0 Å². The van der Waals surface area contributed by atoms with Gasteiger partial charge >= 0.3 is 0 Å². The Morgan fingerprint density at radius 1 is 0.968 bits per heavy atom. The van der Waals surface area contributed by atoms with Crippen molar-refractivity contribution in [2.45, 2.75) is 11.8 Å². The molecular formula is C23H17ClN4O2S. The molecular weight excluding hydrogens is 432 g/mol. The summed E-state index contributed by atoms with van der Waals surface area (Å²) in [7, 11) is -3.24. The van der Waals surface area contributed by atoms with E-state index in [9.17, 15) is 8.42 Å². The monoisotopic (exact) mass is 448 g/mol. The number of benzene rings is 1. The third-order valence-corrected chi connectivity index (χ3v) is 6.17. The Morgan fingerprint density at radius 3 is 2.45 bits per heavy atom. The van der Waals surface area contributed by atoms with E-state index < -0.39 is 9.84 Å². The molecule has 0 fully saturated rings. The lowest BCUT2D eigenvalue weighted by molar-refractivity contribution is 0.602. The highest BCUT2D eigenvalue weighted by molar-refractivity contribution is 7.90. The van der Waals surface area contributed by atoms with Crippen molar-refractivity contribution in [2.75, 3.05) is 11.6 Å². The summed E-state index contributed by atoms with van der Waals surface area (Å²) in [5, 5.41) is 5.36. The largest absolute Gasteiger partial charge is 0.340 e. The molecule has 0 aliphatic heterocycles. The molecule has 0 spiro atoms. The van der Waals surface area contributed by atoms with Crippen LogP contribution in [0.25, 0.3) is 10.8 Å². The summed E-state index contributed by atoms with van der Waals surface area (Å²) in [6.07, 6.45) is 6.23. The zero-order chi connectivity index (χ0) is 22.0. The molecule has 3 aromatic heterocycles. The van der Waals surface area contributed by atoms with Gasteiger partial charge in [-0.05, 0) is 55.3 Å². The van der Waals surface area contributed by atoms with E-state index in [1.807, 2.05) is 25.1 Å². The first kappa shape index (κ1) is 20.8. The van der Waals surface area contributed by atoms with Crippen LogP contribution in [0.3, 0.4) is 0 Å². The Bertz CT molecular complexity index is 1460. The average molecular weight is 449 g/mol. The number of hydrogen-bond acceptors (Lipinski definition) is 6. The summed E-state index contributed by atoms with van der Waals surface area (Å²) >= 11 is 6.08. The number of sulfone groups is 1. The van der Waals surface area contributed by atoms with Crippen molar-refractivity contribution in [3.05, 3.63) is 83.0 Å². The molecule has 0 aliphatic carbocycles. The van der Waals surface area contributed by atoms with Gasteiger partial charge in [-0.1, -0.05) is 17.5 Å². The predicted octanol–water partition coefficient (Wildman–Crippen LogP) is 4.53. The van der Waals surface area contributed by atoms with E-state index in [-0.39, 0.29) is 4.90 Å². The van der Waals surface area contributed by atoms with E-state index in [0.29, 0.717) is 16.7 Å². The fraction of sp³-hybridized carbons (Fsp3) is 0.0870. The van der Waals surface area contributed by atoms with Gasteiger partial charge < -0.3 is 5.32 Å². The summed E-state index contributed by atoms with van der Waals surface area (Å²) < 4.78 is 23.3. The van der Waals surface area contributed by atoms with Gasteiger partial charge in [0.25, 0.3) is 0 Å². The fourth-order valence-corrected chi connectivity index (χ4v) is 3.73. The van der Waals surface area contributed by atoms with E-state index in [2.05, 4.69) is 32.1 Å². The number of fused-ring (bicyclic) bond motifs is 1. The molecule has 31 heavy (non-hydrogen) atoms. The smallest absolute Gasteiger partial charge is 0.175 e. The van der Waals surface area contributed by atoms with Crippen LogP contribution in [-0.2, 0) is 9.84 Å². The van der Waals surface area contributed by atoms with Crippen LogP contribution in [0.5, 0.6) is 0 Å². The van der Waals surface area contributed by atoms with Crippen molar-refractivity contribution in [1.82, 2.24) is 15.0 Å². The van der Waals surface area contributed by atoms with Crippen molar-refractivity contribution in [2.24, 2.45) is 0 Å². The summed E-state index contributed by atoms with van der Waals surface area (Å²) in [6, 6.07) is 12.0. The number of rotatable bonds is 3. The zero-order valence-electron chi connectivity index (χ0n) is 16.7. The van der Waals surface area contributed by atoms with E-state index in [0.717, 1.165) is 27.6 Å². The summed E-state index contributed by atoms with van der Waals surface area (Å²) in [5.41, 5.74) is 2.94. The van der Waals surface area contributed by atoms with Crippen LogP contribution in [0.2, 0.25) is 5.15 Å². The highest BCUT2D eigenvalue weighted by Crippen LogP contribution is 2.23. The van der Waals surface area contributed by atoms with Gasteiger partial charge in [0.05, 0.1) is 4.90 Å². The second-order valence-corrected chi connectivity index (χ2v) is 9.27. The molecule has 1 aromatic carbocycles. The molecule has 0 atom stereocenters. The molecule has 0 aliphatic rings. The first-order chi connectivity index (χ1) is 14.8. The van der Waals surface area contributed by atoms with Crippen LogP contribution in [0, 0.1) is 18.8 Å². The maximum atomic E-state index is 11.6. The zero-order valence-corrected chi connectivity index (χ0v) is 18.3. The minimum Gasteiger partial charge on any atom is -0.340 e. The first-order valence-corrected chi connectivity index (χ1v) is 11.5. The molecule has 3 heterocycles. The summed E-state index contributed by atoms with van der Waals surface area (Å²) in [6.45, 7) is 1.87. The highest BCUT2D eigenvalue weighted by atomic mass is 35.5. The van der Waals surface area contributed by atoms with Crippen LogP contribution < -0.4 is 5.32 Å². The average Bonchev–Trinajstić information content (AvgIpc) is 2.74. The maximum Gasteiger partial charge on any atom is 0.175 e. The lowest BCUT2D eigenvalue weighted by atomic mass is 10.1. The topological polar surface area (TPSA) is 84.8 Å². The van der Waals surface area contributed by atoms with E-state index >= 15 is 0 Å². The molecule has 6 nitrogen and oxygen atoms in total. The Balaban J connectivity index is 1.68. The van der Waals surface area contributed by atoms with Gasteiger partial charge in [0.15, 0.2) is 9.84 Å². The molecule has 8 heteroatoms. The number of pyridine rings is 3. The van der Waals surface area contributed by atoms with E-state index in [4.69, 9.17) is 11.6 Å². The molecule has 0 bridgehead atoms. The third-order valence-electron chi connectivity index (χ3n) is 4.66. The number of hydrogen-bond donors (Lipinski definition) is 1. The quantitative estimate of drug-likeness (QED) is 0.366. The van der Waals surface area contributed by atoms with Gasteiger partial charge in [0.2, 0.25) is 0 Å². The number of aromatic nitrogens is 3. The summed E-state index contributed by atoms with van der Waals surface area (Å²) in [4.78, 5) is 13.2. The lowest BCUT2D eigenvalue weighted by Gasteiger charge is -2.08. The van der Waals surface area contributed by atoms with Crippen molar-refractivity contribution in [3.63, 3.8) is 0 Å². The van der Waals surface area contributed by atoms with Crippen LogP contribution in [0.1, 0.15) is 16.8 Å². The molecule has 1 N–H and O–H groups in total. The Morgan fingerprint density at radius 2 is 1.71 bits per heavy atom. The van der Waals surface area contributed by atoms with Crippen LogP contribution in [0.15, 0.2) is 66.0 Å². The first-order valence-electron chi connectivity index (χ1n) is 9.26. The Hall–Kier alpha value is -3.47. The fourth-order valence-electron chi connectivity index (χ4n) is 2.94. The summed E-state index contributed by atoms with van der Waals surface area (Å²) in [5.74, 6) is 6.83. The minimum atomic E-state index is -3.24. The van der Waals surface area contributed by atoms with Gasteiger partial charge in [-0.15, -0.1) is 0 Å². The van der Waals surface area contributed by atoms with E-state index in [1.54, 1.807) is 42.9 Å². The molecule has 0 unspecified atom stereocenters. The molecule has 154 valence electrons. The van der Waals surface area contributed by atoms with Gasteiger partial charge in [0.1, 0.15) is 16.7 Å². The van der Waals surface area contributed by atoms with E-state index in [1.165, 1.54) is 6.26 Å². The molecule has 0 amide bonds. The predicted molar refractivity (Wildman–Crippen MR) is 122 cm³/mol. The van der Waals surface area contributed by atoms with Gasteiger partial charge in [-0.25, -0.2) is 23.4 Å². The van der Waals surface area contributed by atoms with Crippen LogP contribution in [-0.4, -0.2) is 29.6 Å². The molecule has 4 rings (SSSR count). The Kier molecular flexibility index (Phi) is 5.59. The second-order valence-electron chi connectivity index (χ2n) is 6.90. The molecule has 0 saturated carbocycles.